The molecule has 0 aliphatic rings. The van der Waals surface area contributed by atoms with Crippen LogP contribution < -0.4 is 0 Å². The van der Waals surface area contributed by atoms with E-state index in [1.807, 2.05) is 12.1 Å². The first-order chi connectivity index (χ1) is 9.19. The summed E-state index contributed by atoms with van der Waals surface area (Å²) in [5.41, 5.74) is 2.70. The van der Waals surface area contributed by atoms with Crippen LogP contribution in [0.25, 0.3) is 0 Å². The monoisotopic (exact) mass is 400 g/mol. The molecule has 0 bridgehead atoms. The van der Waals surface area contributed by atoms with E-state index in [1.54, 1.807) is 0 Å². The van der Waals surface area contributed by atoms with Crippen molar-refractivity contribution in [1.82, 2.24) is 0 Å². The molecule has 0 fully saturated rings. The molecule has 0 aromatic heterocycles. The van der Waals surface area contributed by atoms with E-state index >= 15 is 0 Å². The van der Waals surface area contributed by atoms with E-state index in [2.05, 4.69) is 68.3 Å². The lowest BCUT2D eigenvalue weighted by molar-refractivity contribution is 0.590. The number of hydrogen-bond donors (Lipinski definition) is 0. The molecule has 2 rings (SSSR count). The van der Waals surface area contributed by atoms with Gasteiger partial charge in [-0.15, -0.1) is 0 Å². The second kappa shape index (κ2) is 7.47. The van der Waals surface area contributed by atoms with Gasteiger partial charge in [0, 0.05) is 14.8 Å². The topological polar surface area (TPSA) is 0 Å². The Balaban J connectivity index is 2.05. The van der Waals surface area contributed by atoms with Gasteiger partial charge in [0.15, 0.2) is 0 Å². The normalized spacial score (nSPS) is 12.4. The average molecular weight is 403 g/mol. The first kappa shape index (κ1) is 15.1. The maximum atomic E-state index is 5.92. The molecule has 0 nitrogen and oxygen atoms in total. The zero-order chi connectivity index (χ0) is 13.7. The fraction of sp³-hybridized carbons (Fsp3) is 0.250. The highest BCUT2D eigenvalue weighted by Gasteiger charge is 2.11. The Morgan fingerprint density at radius 2 is 1.63 bits per heavy atom. The van der Waals surface area contributed by atoms with Crippen LogP contribution in [-0.4, -0.2) is 5.33 Å². The largest absolute Gasteiger partial charge is 0.0925 e. The molecule has 1 unspecified atom stereocenters. The van der Waals surface area contributed by atoms with Gasteiger partial charge in [0.05, 0.1) is 0 Å². The second-order valence-electron chi connectivity index (χ2n) is 4.65. The minimum absolute atomic E-state index is 0.583. The maximum absolute atomic E-state index is 5.92. The summed E-state index contributed by atoms with van der Waals surface area (Å²) in [5.74, 6) is 0.583. The molecule has 0 spiro atoms. The van der Waals surface area contributed by atoms with Gasteiger partial charge in [-0.3, -0.25) is 0 Å². The van der Waals surface area contributed by atoms with Crippen molar-refractivity contribution in [1.29, 1.82) is 0 Å². The third kappa shape index (κ3) is 4.62. The zero-order valence-corrected chi connectivity index (χ0v) is 14.4. The van der Waals surface area contributed by atoms with Crippen LogP contribution >= 0.6 is 43.5 Å². The van der Waals surface area contributed by atoms with Gasteiger partial charge in [-0.2, -0.15) is 0 Å². The standard InChI is InChI=1S/C16H15Br2Cl/c17-11-13(9-12-5-7-15(19)8-6-12)10-14-3-1-2-4-16(14)18/h1-8,13H,9-11H2. The quantitative estimate of drug-likeness (QED) is 0.546. The van der Waals surface area contributed by atoms with Crippen molar-refractivity contribution >= 4 is 43.5 Å². The molecule has 2 aromatic rings. The van der Waals surface area contributed by atoms with Crippen LogP contribution in [0.3, 0.4) is 0 Å². The van der Waals surface area contributed by atoms with Crippen molar-refractivity contribution < 1.29 is 0 Å². The molecule has 0 aliphatic heterocycles. The molecule has 1 atom stereocenters. The van der Waals surface area contributed by atoms with Gasteiger partial charge in [0.1, 0.15) is 0 Å². The van der Waals surface area contributed by atoms with Crippen molar-refractivity contribution in [2.45, 2.75) is 12.8 Å². The SMILES string of the molecule is Clc1ccc(CC(CBr)Cc2ccccc2Br)cc1. The highest BCUT2D eigenvalue weighted by Crippen LogP contribution is 2.23. The van der Waals surface area contributed by atoms with Crippen LogP contribution in [0, 0.1) is 5.92 Å². The first-order valence-corrected chi connectivity index (χ1v) is 8.52. The Bertz CT molecular complexity index is 523. The van der Waals surface area contributed by atoms with Crippen molar-refractivity contribution in [2.24, 2.45) is 5.92 Å². The van der Waals surface area contributed by atoms with Crippen LogP contribution in [0.15, 0.2) is 53.0 Å². The Morgan fingerprint density at radius 3 is 2.26 bits per heavy atom. The molecule has 0 aliphatic carbocycles. The van der Waals surface area contributed by atoms with Gasteiger partial charge in [-0.1, -0.05) is 73.8 Å². The minimum Gasteiger partial charge on any atom is -0.0925 e. The minimum atomic E-state index is 0.583. The number of alkyl halides is 1. The Labute approximate surface area is 136 Å². The third-order valence-corrected chi connectivity index (χ3v) is 5.06. The van der Waals surface area contributed by atoms with Crippen LogP contribution in [0.4, 0.5) is 0 Å². The lowest BCUT2D eigenvalue weighted by atomic mass is 9.94. The van der Waals surface area contributed by atoms with Crippen LogP contribution in [-0.2, 0) is 12.8 Å². The molecule has 0 saturated carbocycles. The van der Waals surface area contributed by atoms with Gasteiger partial charge in [-0.05, 0) is 48.1 Å². The number of hydrogen-bond acceptors (Lipinski definition) is 0. The van der Waals surface area contributed by atoms with E-state index < -0.39 is 0 Å². The number of rotatable bonds is 5. The molecule has 0 amide bonds. The van der Waals surface area contributed by atoms with Crippen molar-refractivity contribution in [3.63, 3.8) is 0 Å². The van der Waals surface area contributed by atoms with Crippen LogP contribution in [0.5, 0.6) is 0 Å². The fourth-order valence-electron chi connectivity index (χ4n) is 2.11. The summed E-state index contributed by atoms with van der Waals surface area (Å²) in [7, 11) is 0. The lowest BCUT2D eigenvalue weighted by Gasteiger charge is -2.15. The molecule has 0 radical (unpaired) electrons. The molecule has 19 heavy (non-hydrogen) atoms. The van der Waals surface area contributed by atoms with Gasteiger partial charge >= 0.3 is 0 Å². The molecule has 100 valence electrons. The van der Waals surface area contributed by atoms with Gasteiger partial charge in [0.25, 0.3) is 0 Å². The first-order valence-electron chi connectivity index (χ1n) is 6.23. The summed E-state index contributed by atoms with van der Waals surface area (Å²) in [6.07, 6.45) is 2.12. The van der Waals surface area contributed by atoms with E-state index in [-0.39, 0.29) is 0 Å². The van der Waals surface area contributed by atoms with Crippen LogP contribution in [0.2, 0.25) is 5.02 Å². The molecule has 0 N–H and O–H groups in total. The summed E-state index contributed by atoms with van der Waals surface area (Å²) in [5, 5.41) is 1.79. The second-order valence-corrected chi connectivity index (χ2v) is 6.58. The Hall–Kier alpha value is -0.310. The predicted octanol–water partition coefficient (Wildman–Crippen LogP) is 5.90. The van der Waals surface area contributed by atoms with Gasteiger partial charge < -0.3 is 0 Å². The summed E-state index contributed by atoms with van der Waals surface area (Å²) < 4.78 is 1.19. The van der Waals surface area contributed by atoms with Gasteiger partial charge in [-0.25, -0.2) is 0 Å². The van der Waals surface area contributed by atoms with Crippen molar-refractivity contribution in [2.75, 3.05) is 5.33 Å². The van der Waals surface area contributed by atoms with Crippen LogP contribution in [0.1, 0.15) is 11.1 Å². The van der Waals surface area contributed by atoms with E-state index in [1.165, 1.54) is 15.6 Å². The smallest absolute Gasteiger partial charge is 0.0406 e. The number of benzene rings is 2. The molecule has 0 heterocycles. The third-order valence-electron chi connectivity index (χ3n) is 3.12. The van der Waals surface area contributed by atoms with E-state index in [0.717, 1.165) is 23.2 Å². The van der Waals surface area contributed by atoms with E-state index in [0.29, 0.717) is 5.92 Å². The lowest BCUT2D eigenvalue weighted by Crippen LogP contribution is -2.10. The van der Waals surface area contributed by atoms with E-state index in [9.17, 15) is 0 Å². The van der Waals surface area contributed by atoms with Crippen molar-refractivity contribution in [3.8, 4) is 0 Å². The highest BCUT2D eigenvalue weighted by molar-refractivity contribution is 9.10. The Kier molecular flexibility index (Phi) is 5.93. The summed E-state index contributed by atoms with van der Waals surface area (Å²) in [6.45, 7) is 0. The van der Waals surface area contributed by atoms with E-state index in [4.69, 9.17) is 11.6 Å². The summed E-state index contributed by atoms with van der Waals surface area (Å²) in [4.78, 5) is 0. The predicted molar refractivity (Wildman–Crippen MR) is 90.3 cm³/mol. The number of halogens is 3. The van der Waals surface area contributed by atoms with Gasteiger partial charge in [0.2, 0.25) is 0 Å². The molecule has 2 aromatic carbocycles. The fourth-order valence-corrected chi connectivity index (χ4v) is 3.14. The van der Waals surface area contributed by atoms with Crippen molar-refractivity contribution in [3.05, 3.63) is 69.2 Å². The summed E-state index contributed by atoms with van der Waals surface area (Å²) in [6, 6.07) is 16.6. The summed E-state index contributed by atoms with van der Waals surface area (Å²) >= 11 is 13.2. The molecular weight excluding hydrogens is 387 g/mol. The average Bonchev–Trinajstić information content (AvgIpc) is 2.43. The molecule has 3 heteroatoms. The molecular formula is C16H15Br2Cl. The Morgan fingerprint density at radius 1 is 0.947 bits per heavy atom. The zero-order valence-electron chi connectivity index (χ0n) is 10.5. The maximum Gasteiger partial charge on any atom is 0.0406 e. The molecule has 0 saturated heterocycles. The highest BCUT2D eigenvalue weighted by atomic mass is 79.9.